The molecule has 5 nitrogen and oxygen atoms in total. The molecular formula is C12H12N2O3S. The fourth-order valence-electron chi connectivity index (χ4n) is 1.81. The number of aromatic nitrogens is 2. The number of fused-ring (bicyclic) bond motifs is 1. The maximum atomic E-state index is 10.2. The van der Waals surface area contributed by atoms with Gasteiger partial charge in [-0.1, -0.05) is 6.07 Å². The van der Waals surface area contributed by atoms with Crippen LogP contribution in [-0.4, -0.2) is 27.1 Å². The topological polar surface area (TPSA) is 64.5 Å². The highest BCUT2D eigenvalue weighted by atomic mass is 32.1. The Hall–Kier alpha value is -1.66. The first-order valence-corrected chi connectivity index (χ1v) is 6.43. The highest BCUT2D eigenvalue weighted by Crippen LogP contribution is 2.33. The average molecular weight is 264 g/mol. The molecule has 1 aromatic heterocycles. The van der Waals surface area contributed by atoms with E-state index < -0.39 is 6.10 Å². The molecule has 0 aliphatic carbocycles. The predicted octanol–water partition coefficient (Wildman–Crippen LogP) is 1.78. The molecule has 1 unspecified atom stereocenters. The van der Waals surface area contributed by atoms with Crippen molar-refractivity contribution in [1.82, 2.24) is 8.75 Å². The zero-order valence-corrected chi connectivity index (χ0v) is 10.4. The Bertz CT molecular complexity index is 530. The Morgan fingerprint density at radius 3 is 2.83 bits per heavy atom. The quantitative estimate of drug-likeness (QED) is 0.895. The first-order valence-electron chi connectivity index (χ1n) is 5.69. The van der Waals surface area contributed by atoms with Crippen molar-refractivity contribution in [2.75, 3.05) is 13.2 Å². The first-order chi connectivity index (χ1) is 8.84. The summed E-state index contributed by atoms with van der Waals surface area (Å²) in [5.74, 6) is 1.40. The van der Waals surface area contributed by atoms with E-state index in [0.717, 1.165) is 29.5 Å². The molecule has 1 aliphatic heterocycles. The van der Waals surface area contributed by atoms with E-state index in [-0.39, 0.29) is 0 Å². The molecule has 1 aromatic carbocycles. The van der Waals surface area contributed by atoms with Crippen molar-refractivity contribution < 1.29 is 14.6 Å². The third kappa shape index (κ3) is 2.16. The third-order valence-corrected chi connectivity index (χ3v) is 3.24. The highest BCUT2D eigenvalue weighted by molar-refractivity contribution is 6.99. The summed E-state index contributed by atoms with van der Waals surface area (Å²) >= 11 is 1.08. The lowest BCUT2D eigenvalue weighted by molar-refractivity contribution is 0.215. The van der Waals surface area contributed by atoms with Crippen LogP contribution in [0, 0.1) is 0 Å². The van der Waals surface area contributed by atoms with Gasteiger partial charge in [0.25, 0.3) is 0 Å². The molecule has 0 saturated carbocycles. The molecule has 2 aromatic rings. The molecular weight excluding hydrogens is 252 g/mol. The van der Waals surface area contributed by atoms with Crippen LogP contribution in [0.4, 0.5) is 0 Å². The fraction of sp³-hybridized carbons (Fsp3) is 0.333. The Morgan fingerprint density at radius 2 is 2.06 bits per heavy atom. The number of hydrogen-bond donors (Lipinski definition) is 1. The number of benzene rings is 1. The Kier molecular flexibility index (Phi) is 3.12. The van der Waals surface area contributed by atoms with Gasteiger partial charge in [0, 0.05) is 6.42 Å². The second-order valence-corrected chi connectivity index (χ2v) is 4.55. The van der Waals surface area contributed by atoms with E-state index >= 15 is 0 Å². The van der Waals surface area contributed by atoms with Gasteiger partial charge in [-0.15, -0.1) is 0 Å². The number of ether oxygens (including phenoxy) is 2. The predicted molar refractivity (Wildman–Crippen MR) is 66.0 cm³/mol. The number of nitrogens with zero attached hydrogens (tertiary/aromatic N) is 2. The van der Waals surface area contributed by atoms with Crippen LogP contribution in [0.1, 0.15) is 23.8 Å². The number of rotatable bonds is 2. The molecule has 1 atom stereocenters. The van der Waals surface area contributed by atoms with E-state index in [2.05, 4.69) is 8.75 Å². The van der Waals surface area contributed by atoms with Crippen LogP contribution >= 0.6 is 11.7 Å². The summed E-state index contributed by atoms with van der Waals surface area (Å²) in [5.41, 5.74) is 1.28. The minimum absolute atomic E-state index is 0.550. The summed E-state index contributed by atoms with van der Waals surface area (Å²) in [4.78, 5) is 0. The summed E-state index contributed by atoms with van der Waals surface area (Å²) in [6.07, 6.45) is 1.65. The standard InChI is InChI=1S/C12H12N2O3S/c15-12(9-7-13-18-14-9)8-2-3-10-11(6-8)17-5-1-4-16-10/h2-3,6-7,12,15H,1,4-5H2. The largest absolute Gasteiger partial charge is 0.490 e. The number of aliphatic hydroxyl groups excluding tert-OH is 1. The van der Waals surface area contributed by atoms with Crippen LogP contribution in [0.3, 0.4) is 0 Å². The normalized spacial score (nSPS) is 16.1. The summed E-state index contributed by atoms with van der Waals surface area (Å²) in [6.45, 7) is 1.29. The molecule has 0 spiro atoms. The first kappa shape index (κ1) is 11.4. The van der Waals surface area contributed by atoms with Gasteiger partial charge < -0.3 is 14.6 Å². The van der Waals surface area contributed by atoms with Crippen molar-refractivity contribution in [3.63, 3.8) is 0 Å². The van der Waals surface area contributed by atoms with Gasteiger partial charge in [0.2, 0.25) is 0 Å². The molecule has 94 valence electrons. The Morgan fingerprint density at radius 1 is 1.22 bits per heavy atom. The van der Waals surface area contributed by atoms with Gasteiger partial charge in [-0.2, -0.15) is 8.75 Å². The van der Waals surface area contributed by atoms with E-state index in [1.54, 1.807) is 12.3 Å². The van der Waals surface area contributed by atoms with Gasteiger partial charge in [0.1, 0.15) is 11.8 Å². The fourth-order valence-corrected chi connectivity index (χ4v) is 2.26. The van der Waals surface area contributed by atoms with Gasteiger partial charge in [0.05, 0.1) is 31.1 Å². The van der Waals surface area contributed by atoms with Gasteiger partial charge >= 0.3 is 0 Å². The number of hydrogen-bond acceptors (Lipinski definition) is 6. The van der Waals surface area contributed by atoms with Crippen molar-refractivity contribution in [2.45, 2.75) is 12.5 Å². The lowest BCUT2D eigenvalue weighted by Crippen LogP contribution is -2.01. The van der Waals surface area contributed by atoms with E-state index in [9.17, 15) is 5.11 Å². The molecule has 6 heteroatoms. The van der Waals surface area contributed by atoms with Gasteiger partial charge in [-0.05, 0) is 17.7 Å². The lowest BCUT2D eigenvalue weighted by atomic mass is 10.1. The maximum Gasteiger partial charge on any atom is 0.161 e. The van der Waals surface area contributed by atoms with Gasteiger partial charge in [-0.25, -0.2) is 0 Å². The highest BCUT2D eigenvalue weighted by Gasteiger charge is 2.17. The molecule has 2 heterocycles. The zero-order chi connectivity index (χ0) is 12.4. The lowest BCUT2D eigenvalue weighted by Gasteiger charge is -2.12. The third-order valence-electron chi connectivity index (χ3n) is 2.75. The summed E-state index contributed by atoms with van der Waals surface area (Å²) in [7, 11) is 0. The van der Waals surface area contributed by atoms with Crippen LogP contribution in [0.25, 0.3) is 0 Å². The molecule has 0 fully saturated rings. The Balaban J connectivity index is 1.92. The van der Waals surface area contributed by atoms with Crippen molar-refractivity contribution in [1.29, 1.82) is 0 Å². The molecule has 18 heavy (non-hydrogen) atoms. The van der Waals surface area contributed by atoms with E-state index in [1.807, 2.05) is 12.1 Å². The van der Waals surface area contributed by atoms with E-state index in [4.69, 9.17) is 9.47 Å². The molecule has 0 bridgehead atoms. The molecule has 0 amide bonds. The maximum absolute atomic E-state index is 10.2. The van der Waals surface area contributed by atoms with Crippen molar-refractivity contribution >= 4 is 11.7 Å². The minimum Gasteiger partial charge on any atom is -0.490 e. The van der Waals surface area contributed by atoms with Gasteiger partial charge in [-0.3, -0.25) is 0 Å². The summed E-state index contributed by atoms with van der Waals surface area (Å²) < 4.78 is 19.0. The van der Waals surface area contributed by atoms with Crippen molar-refractivity contribution in [3.05, 3.63) is 35.7 Å². The molecule has 0 radical (unpaired) electrons. The van der Waals surface area contributed by atoms with Crippen molar-refractivity contribution in [2.24, 2.45) is 0 Å². The second kappa shape index (κ2) is 4.91. The van der Waals surface area contributed by atoms with Crippen LogP contribution in [0.5, 0.6) is 11.5 Å². The van der Waals surface area contributed by atoms with E-state index in [1.165, 1.54) is 0 Å². The minimum atomic E-state index is -0.777. The molecule has 1 N–H and O–H groups in total. The SMILES string of the molecule is OC(c1ccc2c(c1)OCCCO2)c1cnsn1. The smallest absolute Gasteiger partial charge is 0.161 e. The number of aliphatic hydroxyl groups is 1. The van der Waals surface area contributed by atoms with E-state index in [0.29, 0.717) is 24.7 Å². The van der Waals surface area contributed by atoms with Crippen LogP contribution in [0.2, 0.25) is 0 Å². The monoisotopic (exact) mass is 264 g/mol. The second-order valence-electron chi connectivity index (χ2n) is 3.99. The van der Waals surface area contributed by atoms with Crippen molar-refractivity contribution in [3.8, 4) is 11.5 Å². The van der Waals surface area contributed by atoms with Crippen LogP contribution < -0.4 is 9.47 Å². The van der Waals surface area contributed by atoms with Gasteiger partial charge in [0.15, 0.2) is 11.5 Å². The van der Waals surface area contributed by atoms with Crippen LogP contribution in [-0.2, 0) is 0 Å². The molecule has 0 saturated heterocycles. The zero-order valence-electron chi connectivity index (χ0n) is 9.57. The van der Waals surface area contributed by atoms with Crippen LogP contribution in [0.15, 0.2) is 24.4 Å². The summed E-state index contributed by atoms with van der Waals surface area (Å²) in [6, 6.07) is 5.43. The average Bonchev–Trinajstić information content (AvgIpc) is 2.83. The Labute approximate surface area is 108 Å². The molecule has 1 aliphatic rings. The summed E-state index contributed by atoms with van der Waals surface area (Å²) in [5, 5.41) is 10.2. The molecule has 3 rings (SSSR count).